The molecule has 0 radical (unpaired) electrons. The van der Waals surface area contributed by atoms with Gasteiger partial charge in [0.1, 0.15) is 5.76 Å². The molecule has 16 heavy (non-hydrogen) atoms. The van der Waals surface area contributed by atoms with E-state index in [1.165, 1.54) is 5.56 Å². The standard InChI is InChI=1S/C12H16N2OS/c1-3-13-11(7-12-14-4-5-16-12)10-6-9(2)15-8-10/h4-6,8,11,13H,3,7H2,1-2H3. The molecule has 0 amide bonds. The lowest BCUT2D eigenvalue weighted by molar-refractivity contribution is 0.511. The third kappa shape index (κ3) is 2.71. The fraction of sp³-hybridized carbons (Fsp3) is 0.417. The summed E-state index contributed by atoms with van der Waals surface area (Å²) in [5, 5.41) is 6.63. The van der Waals surface area contributed by atoms with Crippen LogP contribution in [0.3, 0.4) is 0 Å². The summed E-state index contributed by atoms with van der Waals surface area (Å²) >= 11 is 1.70. The van der Waals surface area contributed by atoms with Crippen molar-refractivity contribution >= 4 is 11.3 Å². The van der Waals surface area contributed by atoms with Crippen LogP contribution >= 0.6 is 11.3 Å². The summed E-state index contributed by atoms with van der Waals surface area (Å²) in [6.07, 6.45) is 4.60. The number of hydrogen-bond donors (Lipinski definition) is 1. The largest absolute Gasteiger partial charge is 0.469 e. The molecule has 0 spiro atoms. The molecule has 2 aromatic rings. The number of nitrogens with zero attached hydrogens (tertiary/aromatic N) is 1. The van der Waals surface area contributed by atoms with Crippen molar-refractivity contribution in [2.75, 3.05) is 6.54 Å². The third-order valence-corrected chi connectivity index (χ3v) is 3.27. The first-order valence-corrected chi connectivity index (χ1v) is 6.34. The van der Waals surface area contributed by atoms with Crippen molar-refractivity contribution in [2.45, 2.75) is 26.3 Å². The van der Waals surface area contributed by atoms with Gasteiger partial charge in [0.15, 0.2) is 0 Å². The average molecular weight is 236 g/mol. The van der Waals surface area contributed by atoms with Gasteiger partial charge >= 0.3 is 0 Å². The van der Waals surface area contributed by atoms with Gasteiger partial charge in [0.05, 0.1) is 11.3 Å². The second-order valence-corrected chi connectivity index (χ2v) is 4.71. The van der Waals surface area contributed by atoms with Crippen LogP contribution in [-0.2, 0) is 6.42 Å². The molecular formula is C12H16N2OS. The van der Waals surface area contributed by atoms with Gasteiger partial charge in [-0.1, -0.05) is 6.92 Å². The van der Waals surface area contributed by atoms with Crippen LogP contribution in [0.25, 0.3) is 0 Å². The zero-order valence-corrected chi connectivity index (χ0v) is 10.4. The highest BCUT2D eigenvalue weighted by Gasteiger charge is 2.14. The smallest absolute Gasteiger partial charge is 0.101 e. The Balaban J connectivity index is 2.11. The van der Waals surface area contributed by atoms with E-state index in [0.717, 1.165) is 23.7 Å². The van der Waals surface area contributed by atoms with Crippen LogP contribution < -0.4 is 5.32 Å². The van der Waals surface area contributed by atoms with Crippen molar-refractivity contribution in [2.24, 2.45) is 0 Å². The molecule has 86 valence electrons. The molecule has 0 aliphatic rings. The lowest BCUT2D eigenvalue weighted by atomic mass is 10.1. The molecule has 0 aliphatic heterocycles. The minimum absolute atomic E-state index is 0.300. The van der Waals surface area contributed by atoms with Crippen molar-refractivity contribution in [1.82, 2.24) is 10.3 Å². The van der Waals surface area contributed by atoms with Crippen LogP contribution in [0.4, 0.5) is 0 Å². The van der Waals surface area contributed by atoms with Crippen molar-refractivity contribution in [3.8, 4) is 0 Å². The Hall–Kier alpha value is -1.13. The lowest BCUT2D eigenvalue weighted by Crippen LogP contribution is -2.22. The molecule has 1 N–H and O–H groups in total. The fourth-order valence-corrected chi connectivity index (χ4v) is 2.39. The van der Waals surface area contributed by atoms with E-state index in [4.69, 9.17) is 4.42 Å². The molecule has 4 heteroatoms. The average Bonchev–Trinajstić information content (AvgIpc) is 2.88. The SMILES string of the molecule is CCNC(Cc1nccs1)c1coc(C)c1. The maximum atomic E-state index is 5.35. The zero-order chi connectivity index (χ0) is 11.4. The summed E-state index contributed by atoms with van der Waals surface area (Å²) in [5.74, 6) is 0.956. The first-order chi connectivity index (χ1) is 7.79. The van der Waals surface area contributed by atoms with E-state index in [-0.39, 0.29) is 0 Å². The molecule has 0 aliphatic carbocycles. The molecule has 2 heterocycles. The Morgan fingerprint density at radius 2 is 2.44 bits per heavy atom. The highest BCUT2D eigenvalue weighted by atomic mass is 32.1. The number of aryl methyl sites for hydroxylation is 1. The third-order valence-electron chi connectivity index (χ3n) is 2.47. The molecule has 0 saturated heterocycles. The Kier molecular flexibility index (Phi) is 3.74. The molecule has 3 nitrogen and oxygen atoms in total. The summed E-state index contributed by atoms with van der Waals surface area (Å²) < 4.78 is 5.35. The maximum Gasteiger partial charge on any atom is 0.101 e. The maximum absolute atomic E-state index is 5.35. The normalized spacial score (nSPS) is 12.9. The molecule has 1 unspecified atom stereocenters. The van der Waals surface area contributed by atoms with E-state index in [9.17, 15) is 0 Å². The fourth-order valence-electron chi connectivity index (χ4n) is 1.73. The van der Waals surface area contributed by atoms with Crippen LogP contribution in [0.15, 0.2) is 28.3 Å². The van der Waals surface area contributed by atoms with E-state index in [0.29, 0.717) is 6.04 Å². The quantitative estimate of drug-likeness (QED) is 0.867. The van der Waals surface area contributed by atoms with E-state index in [1.54, 1.807) is 11.3 Å². The number of nitrogens with one attached hydrogen (secondary N) is 1. The topological polar surface area (TPSA) is 38.1 Å². The van der Waals surface area contributed by atoms with Crippen molar-refractivity contribution in [3.63, 3.8) is 0 Å². The number of furan rings is 1. The summed E-state index contributed by atoms with van der Waals surface area (Å²) in [6.45, 7) is 5.03. The van der Waals surface area contributed by atoms with Crippen molar-refractivity contribution in [3.05, 3.63) is 40.2 Å². The molecule has 0 bridgehead atoms. The van der Waals surface area contributed by atoms with Crippen LogP contribution in [0.5, 0.6) is 0 Å². The predicted molar refractivity (Wildman–Crippen MR) is 65.7 cm³/mol. The van der Waals surface area contributed by atoms with Crippen LogP contribution in [-0.4, -0.2) is 11.5 Å². The molecule has 2 rings (SSSR count). The molecule has 0 fully saturated rings. The van der Waals surface area contributed by atoms with Crippen molar-refractivity contribution < 1.29 is 4.42 Å². The summed E-state index contributed by atoms with van der Waals surface area (Å²) in [4.78, 5) is 4.32. The number of aromatic nitrogens is 1. The number of thiazole rings is 1. The highest BCUT2D eigenvalue weighted by molar-refractivity contribution is 7.09. The van der Waals surface area contributed by atoms with Gasteiger partial charge in [0.2, 0.25) is 0 Å². The minimum Gasteiger partial charge on any atom is -0.469 e. The first-order valence-electron chi connectivity index (χ1n) is 5.46. The van der Waals surface area contributed by atoms with Crippen LogP contribution in [0.1, 0.15) is 29.3 Å². The van der Waals surface area contributed by atoms with Gasteiger partial charge in [0, 0.05) is 29.6 Å². The Morgan fingerprint density at radius 1 is 1.56 bits per heavy atom. The van der Waals surface area contributed by atoms with Crippen molar-refractivity contribution in [1.29, 1.82) is 0 Å². The van der Waals surface area contributed by atoms with E-state index in [1.807, 2.05) is 24.8 Å². The van der Waals surface area contributed by atoms with E-state index >= 15 is 0 Å². The predicted octanol–water partition coefficient (Wildman–Crippen LogP) is 2.94. The molecule has 2 aromatic heterocycles. The van der Waals surface area contributed by atoms with Crippen LogP contribution in [0.2, 0.25) is 0 Å². The second kappa shape index (κ2) is 5.27. The van der Waals surface area contributed by atoms with Gasteiger partial charge in [-0.2, -0.15) is 0 Å². The number of rotatable bonds is 5. The molecular weight excluding hydrogens is 220 g/mol. The van der Waals surface area contributed by atoms with Gasteiger partial charge in [0.25, 0.3) is 0 Å². The molecule has 0 saturated carbocycles. The summed E-state index contributed by atoms with van der Waals surface area (Å²) in [6, 6.07) is 2.38. The second-order valence-electron chi connectivity index (χ2n) is 3.73. The number of hydrogen-bond acceptors (Lipinski definition) is 4. The zero-order valence-electron chi connectivity index (χ0n) is 9.56. The Bertz CT molecular complexity index is 422. The first kappa shape index (κ1) is 11.4. The van der Waals surface area contributed by atoms with E-state index in [2.05, 4.69) is 23.3 Å². The van der Waals surface area contributed by atoms with Gasteiger partial charge in [-0.15, -0.1) is 11.3 Å². The molecule has 1 atom stereocenters. The number of likely N-dealkylation sites (N-methyl/N-ethyl adjacent to an activating group) is 1. The minimum atomic E-state index is 0.300. The summed E-state index contributed by atoms with van der Waals surface area (Å²) in [7, 11) is 0. The van der Waals surface area contributed by atoms with Gasteiger partial charge in [-0.3, -0.25) is 0 Å². The Morgan fingerprint density at radius 3 is 3.00 bits per heavy atom. The van der Waals surface area contributed by atoms with Gasteiger partial charge in [-0.05, 0) is 19.5 Å². The molecule has 0 aromatic carbocycles. The van der Waals surface area contributed by atoms with Gasteiger partial charge < -0.3 is 9.73 Å². The Labute approximate surface area is 99.5 Å². The highest BCUT2D eigenvalue weighted by Crippen LogP contribution is 2.21. The lowest BCUT2D eigenvalue weighted by Gasteiger charge is -2.14. The van der Waals surface area contributed by atoms with Crippen LogP contribution in [0, 0.1) is 6.92 Å². The summed E-state index contributed by atoms with van der Waals surface area (Å²) in [5.41, 5.74) is 1.20. The van der Waals surface area contributed by atoms with Gasteiger partial charge in [-0.25, -0.2) is 4.98 Å². The van der Waals surface area contributed by atoms with E-state index < -0.39 is 0 Å². The monoisotopic (exact) mass is 236 g/mol.